The predicted octanol–water partition coefficient (Wildman–Crippen LogP) is 3.81. The van der Waals surface area contributed by atoms with Crippen molar-refractivity contribution in [3.8, 4) is 6.07 Å². The second-order valence-electron chi connectivity index (χ2n) is 5.44. The Morgan fingerprint density at radius 3 is 2.38 bits per heavy atom. The molecule has 0 heterocycles. The molecule has 0 aromatic heterocycles. The number of benzene rings is 1. The van der Waals surface area contributed by atoms with Crippen LogP contribution in [0, 0.1) is 16.7 Å². The molecule has 21 heavy (non-hydrogen) atoms. The Balaban J connectivity index is 2.87. The third kappa shape index (κ3) is 5.05. The summed E-state index contributed by atoms with van der Waals surface area (Å²) in [6.07, 6.45) is -3.99. The number of halogens is 3. The van der Waals surface area contributed by atoms with Crippen molar-refractivity contribution in [1.82, 2.24) is 0 Å². The molecule has 0 aliphatic rings. The average Bonchev–Trinajstić information content (AvgIpc) is 2.37. The fourth-order valence-electron chi connectivity index (χ4n) is 1.74. The summed E-state index contributed by atoms with van der Waals surface area (Å²) in [5, 5.41) is 8.84. The van der Waals surface area contributed by atoms with Gasteiger partial charge in [-0.25, -0.2) is 8.42 Å². The van der Waals surface area contributed by atoms with E-state index < -0.39 is 27.0 Å². The molecular weight excluding hydrogens is 303 g/mol. The zero-order valence-electron chi connectivity index (χ0n) is 11.7. The van der Waals surface area contributed by atoms with E-state index in [4.69, 9.17) is 5.26 Å². The molecule has 0 fully saturated rings. The molecule has 0 radical (unpaired) electrons. The van der Waals surface area contributed by atoms with Crippen LogP contribution in [0.2, 0.25) is 0 Å². The van der Waals surface area contributed by atoms with Gasteiger partial charge in [0.1, 0.15) is 0 Å². The number of rotatable bonds is 5. The van der Waals surface area contributed by atoms with E-state index in [9.17, 15) is 21.6 Å². The smallest absolute Gasteiger partial charge is 0.224 e. The molecule has 0 atom stereocenters. The molecule has 1 aromatic carbocycles. The van der Waals surface area contributed by atoms with Gasteiger partial charge in [0.05, 0.1) is 27.7 Å². The fourth-order valence-corrected chi connectivity index (χ4v) is 3.10. The summed E-state index contributed by atoms with van der Waals surface area (Å²) >= 11 is 0. The fraction of sp³-hybridized carbons (Fsp3) is 0.500. The van der Waals surface area contributed by atoms with Crippen LogP contribution in [0.4, 0.5) is 13.2 Å². The van der Waals surface area contributed by atoms with Gasteiger partial charge >= 0.3 is 6.18 Å². The van der Waals surface area contributed by atoms with E-state index in [0.717, 1.165) is 18.2 Å². The average molecular weight is 319 g/mol. The Bertz CT molecular complexity index is 643. The molecule has 0 amide bonds. The lowest BCUT2D eigenvalue weighted by Gasteiger charge is -2.14. The van der Waals surface area contributed by atoms with E-state index in [2.05, 4.69) is 6.07 Å². The minimum Gasteiger partial charge on any atom is -0.224 e. The summed E-state index contributed by atoms with van der Waals surface area (Å²) in [7, 11) is -3.78. The van der Waals surface area contributed by atoms with Crippen molar-refractivity contribution in [2.75, 3.05) is 5.75 Å². The van der Waals surface area contributed by atoms with Crippen LogP contribution in [-0.2, 0) is 16.0 Å². The van der Waals surface area contributed by atoms with Crippen LogP contribution >= 0.6 is 0 Å². The second kappa shape index (κ2) is 6.06. The first-order valence-corrected chi connectivity index (χ1v) is 7.94. The van der Waals surface area contributed by atoms with Gasteiger partial charge in [-0.3, -0.25) is 0 Å². The lowest BCUT2D eigenvalue weighted by Crippen LogP contribution is -2.13. The van der Waals surface area contributed by atoms with Crippen LogP contribution in [0.25, 0.3) is 0 Å². The van der Waals surface area contributed by atoms with Gasteiger partial charge in [0.2, 0.25) is 0 Å². The summed E-state index contributed by atoms with van der Waals surface area (Å²) in [5.74, 6) is -0.278. The molecule has 1 aromatic rings. The van der Waals surface area contributed by atoms with Crippen molar-refractivity contribution in [1.29, 1.82) is 5.26 Å². The van der Waals surface area contributed by atoms with Crippen molar-refractivity contribution in [3.63, 3.8) is 0 Å². The molecule has 0 bridgehead atoms. The minimum absolute atomic E-state index is 0.221. The van der Waals surface area contributed by atoms with Gasteiger partial charge in [-0.05, 0) is 44.9 Å². The van der Waals surface area contributed by atoms with E-state index in [1.54, 1.807) is 13.8 Å². The van der Waals surface area contributed by atoms with E-state index in [-0.39, 0.29) is 17.1 Å². The maximum absolute atomic E-state index is 12.6. The number of alkyl halides is 3. The van der Waals surface area contributed by atoms with Crippen LogP contribution in [-0.4, -0.2) is 14.2 Å². The Labute approximate surface area is 122 Å². The van der Waals surface area contributed by atoms with Crippen molar-refractivity contribution in [2.45, 2.75) is 37.8 Å². The van der Waals surface area contributed by atoms with Gasteiger partial charge in [-0.2, -0.15) is 18.4 Å². The van der Waals surface area contributed by atoms with Crippen LogP contribution < -0.4 is 0 Å². The summed E-state index contributed by atoms with van der Waals surface area (Å²) in [5.41, 5.74) is -1.63. The van der Waals surface area contributed by atoms with Gasteiger partial charge in [0, 0.05) is 0 Å². The Hall–Kier alpha value is -1.55. The first-order chi connectivity index (χ1) is 9.48. The maximum Gasteiger partial charge on any atom is 0.416 e. The minimum atomic E-state index is -4.58. The second-order valence-corrected chi connectivity index (χ2v) is 7.55. The molecule has 116 valence electrons. The van der Waals surface area contributed by atoms with E-state index >= 15 is 0 Å². The first kappa shape index (κ1) is 17.5. The van der Waals surface area contributed by atoms with Gasteiger partial charge in [0.15, 0.2) is 9.84 Å². The number of nitriles is 1. The zero-order chi connectivity index (χ0) is 16.3. The summed E-state index contributed by atoms with van der Waals surface area (Å²) in [6.45, 7) is 3.37. The van der Waals surface area contributed by atoms with E-state index in [1.165, 1.54) is 0 Å². The van der Waals surface area contributed by atoms with Crippen LogP contribution in [0.5, 0.6) is 0 Å². The largest absolute Gasteiger partial charge is 0.416 e. The molecule has 3 nitrogen and oxygen atoms in total. The zero-order valence-corrected chi connectivity index (χ0v) is 12.6. The third-order valence-electron chi connectivity index (χ3n) is 3.04. The van der Waals surface area contributed by atoms with Crippen molar-refractivity contribution in [2.24, 2.45) is 5.41 Å². The molecule has 0 spiro atoms. The highest BCUT2D eigenvalue weighted by molar-refractivity contribution is 7.91. The van der Waals surface area contributed by atoms with Gasteiger partial charge in [-0.1, -0.05) is 6.07 Å². The Morgan fingerprint density at radius 1 is 1.24 bits per heavy atom. The summed E-state index contributed by atoms with van der Waals surface area (Å²) in [6, 6.07) is 5.76. The van der Waals surface area contributed by atoms with Crippen molar-refractivity contribution < 1.29 is 21.6 Å². The number of hydrogen-bond acceptors (Lipinski definition) is 3. The van der Waals surface area contributed by atoms with Gasteiger partial charge < -0.3 is 0 Å². The topological polar surface area (TPSA) is 57.9 Å². The first-order valence-electron chi connectivity index (χ1n) is 6.29. The molecule has 0 saturated carbocycles. The quantitative estimate of drug-likeness (QED) is 0.829. The molecule has 7 heteroatoms. The molecule has 0 saturated heterocycles. The molecule has 0 N–H and O–H groups in total. The SMILES string of the molecule is CC(C)(C#N)CCCS(=O)(=O)c1cccc(C(F)(F)F)c1. The van der Waals surface area contributed by atoms with Crippen LogP contribution in [0.3, 0.4) is 0 Å². The maximum atomic E-state index is 12.6. The third-order valence-corrected chi connectivity index (χ3v) is 4.84. The highest BCUT2D eigenvalue weighted by Gasteiger charge is 2.31. The van der Waals surface area contributed by atoms with Crippen LogP contribution in [0.1, 0.15) is 32.3 Å². The van der Waals surface area contributed by atoms with Gasteiger partial charge in [-0.15, -0.1) is 0 Å². The lowest BCUT2D eigenvalue weighted by atomic mass is 9.90. The van der Waals surface area contributed by atoms with Gasteiger partial charge in [0.25, 0.3) is 0 Å². The Kier molecular flexibility index (Phi) is 5.05. The molecular formula is C14H16F3NO2S. The highest BCUT2D eigenvalue weighted by Crippen LogP contribution is 2.31. The molecule has 0 aliphatic carbocycles. The molecule has 0 aliphatic heterocycles. The highest BCUT2D eigenvalue weighted by atomic mass is 32.2. The summed E-state index contributed by atoms with van der Waals surface area (Å²) in [4.78, 5) is -0.341. The normalized spacial score (nSPS) is 13.0. The van der Waals surface area contributed by atoms with E-state index in [1.807, 2.05) is 0 Å². The number of hydrogen-bond donors (Lipinski definition) is 0. The van der Waals surface area contributed by atoms with Crippen molar-refractivity contribution in [3.05, 3.63) is 29.8 Å². The Morgan fingerprint density at radius 2 is 1.86 bits per heavy atom. The number of nitrogens with zero attached hydrogens (tertiary/aromatic N) is 1. The molecule has 0 unspecified atom stereocenters. The van der Waals surface area contributed by atoms with Crippen LogP contribution in [0.15, 0.2) is 29.2 Å². The predicted molar refractivity (Wildman–Crippen MR) is 72.1 cm³/mol. The van der Waals surface area contributed by atoms with Crippen molar-refractivity contribution >= 4 is 9.84 Å². The number of sulfone groups is 1. The van der Waals surface area contributed by atoms with E-state index in [0.29, 0.717) is 12.5 Å². The monoisotopic (exact) mass is 319 g/mol. The molecule has 1 rings (SSSR count). The summed E-state index contributed by atoms with van der Waals surface area (Å²) < 4.78 is 61.8. The standard InChI is InChI=1S/C14H16F3NO2S/c1-13(2,10-18)7-4-8-21(19,20)12-6-3-5-11(9-12)14(15,16)17/h3,5-6,9H,4,7-8H2,1-2H3. The lowest BCUT2D eigenvalue weighted by molar-refractivity contribution is -0.137.